The van der Waals surface area contributed by atoms with Crippen molar-refractivity contribution < 1.29 is 9.53 Å². The second-order valence-corrected chi connectivity index (χ2v) is 6.14. The molecular formula is C13H17NO2S. The van der Waals surface area contributed by atoms with Gasteiger partial charge in [0.05, 0.1) is 0 Å². The highest BCUT2D eigenvalue weighted by atomic mass is 32.2. The number of ether oxygens (including phenoxy) is 1. The lowest BCUT2D eigenvalue weighted by atomic mass is 10.1. The largest absolute Gasteiger partial charge is 0.412 e. The Labute approximate surface area is 106 Å². The molecule has 1 atom stereocenters. The molecule has 2 rings (SSSR count). The van der Waals surface area contributed by atoms with Gasteiger partial charge in [-0.25, -0.2) is 4.79 Å². The molecule has 0 aromatic heterocycles. The van der Waals surface area contributed by atoms with Gasteiger partial charge in [-0.2, -0.15) is 11.8 Å². The van der Waals surface area contributed by atoms with Gasteiger partial charge in [-0.05, 0) is 37.7 Å². The van der Waals surface area contributed by atoms with Gasteiger partial charge in [-0.3, -0.25) is 0 Å². The zero-order valence-electron chi connectivity index (χ0n) is 9.94. The zero-order valence-corrected chi connectivity index (χ0v) is 10.8. The number of nitrogens with one attached hydrogen (secondary N) is 1. The van der Waals surface area contributed by atoms with E-state index in [-0.39, 0.29) is 10.8 Å². The molecule has 1 aromatic carbocycles. The van der Waals surface area contributed by atoms with Crippen LogP contribution in [0.25, 0.3) is 0 Å². The van der Waals surface area contributed by atoms with Crippen molar-refractivity contribution >= 4 is 17.9 Å². The summed E-state index contributed by atoms with van der Waals surface area (Å²) in [5.41, 5.74) is 0. The van der Waals surface area contributed by atoms with Crippen LogP contribution in [0.2, 0.25) is 0 Å². The van der Waals surface area contributed by atoms with Gasteiger partial charge in [-0.15, -0.1) is 0 Å². The van der Waals surface area contributed by atoms with Gasteiger partial charge in [0.1, 0.15) is 5.75 Å². The summed E-state index contributed by atoms with van der Waals surface area (Å²) in [4.78, 5) is 11.6. The van der Waals surface area contributed by atoms with Crippen LogP contribution >= 0.6 is 11.8 Å². The lowest BCUT2D eigenvalue weighted by molar-refractivity contribution is 0.199. The van der Waals surface area contributed by atoms with E-state index < -0.39 is 0 Å². The average molecular weight is 251 g/mol. The lowest BCUT2D eigenvalue weighted by Crippen LogP contribution is -2.38. The van der Waals surface area contributed by atoms with Crippen molar-refractivity contribution in [3.8, 4) is 5.75 Å². The maximum atomic E-state index is 11.6. The molecule has 4 heteroatoms. The molecule has 1 unspecified atom stereocenters. The molecule has 1 aliphatic heterocycles. The van der Waals surface area contributed by atoms with E-state index in [4.69, 9.17) is 4.74 Å². The van der Waals surface area contributed by atoms with Gasteiger partial charge >= 0.3 is 6.09 Å². The van der Waals surface area contributed by atoms with Gasteiger partial charge in [0.2, 0.25) is 0 Å². The molecule has 17 heavy (non-hydrogen) atoms. The highest BCUT2D eigenvalue weighted by Crippen LogP contribution is 2.36. The predicted octanol–water partition coefficient (Wildman–Crippen LogP) is 3.06. The number of hydrogen-bond donors (Lipinski definition) is 1. The van der Waals surface area contributed by atoms with Gasteiger partial charge in [0.15, 0.2) is 0 Å². The van der Waals surface area contributed by atoms with Gasteiger partial charge in [0.25, 0.3) is 0 Å². The Morgan fingerprint density at radius 2 is 2.24 bits per heavy atom. The summed E-state index contributed by atoms with van der Waals surface area (Å²) in [5, 5.41) is 2.83. The van der Waals surface area contributed by atoms with Crippen LogP contribution in [-0.2, 0) is 0 Å². The second-order valence-electron chi connectivity index (χ2n) is 4.46. The minimum Gasteiger partial charge on any atom is -0.410 e. The van der Waals surface area contributed by atoms with Crippen LogP contribution in [0, 0.1) is 0 Å². The monoisotopic (exact) mass is 251 g/mol. The van der Waals surface area contributed by atoms with Crippen LogP contribution in [0.3, 0.4) is 0 Å². The zero-order chi connectivity index (χ0) is 12.1. The highest BCUT2D eigenvalue weighted by molar-refractivity contribution is 8.00. The smallest absolute Gasteiger partial charge is 0.410 e. The predicted molar refractivity (Wildman–Crippen MR) is 70.6 cm³/mol. The van der Waals surface area contributed by atoms with E-state index in [1.165, 1.54) is 12.2 Å². The molecule has 0 saturated carbocycles. The van der Waals surface area contributed by atoms with Crippen LogP contribution in [0.5, 0.6) is 5.75 Å². The second kappa shape index (κ2) is 5.45. The Morgan fingerprint density at radius 1 is 1.47 bits per heavy atom. The fraction of sp³-hybridized carbons (Fsp3) is 0.462. The number of amides is 1. The van der Waals surface area contributed by atoms with E-state index in [2.05, 4.69) is 12.2 Å². The molecule has 1 aromatic rings. The van der Waals surface area contributed by atoms with Gasteiger partial charge in [0, 0.05) is 11.3 Å². The Hall–Kier alpha value is -1.16. The van der Waals surface area contributed by atoms with Crippen LogP contribution < -0.4 is 10.1 Å². The molecule has 3 nitrogen and oxygen atoms in total. The van der Waals surface area contributed by atoms with E-state index in [0.717, 1.165) is 6.42 Å². The number of hydrogen-bond acceptors (Lipinski definition) is 3. The first-order valence-corrected chi connectivity index (χ1v) is 6.81. The molecular weight excluding hydrogens is 234 g/mol. The summed E-state index contributed by atoms with van der Waals surface area (Å²) >= 11 is 1.92. The molecule has 0 radical (unpaired) electrons. The van der Waals surface area contributed by atoms with Crippen LogP contribution in [0.4, 0.5) is 4.79 Å². The van der Waals surface area contributed by atoms with E-state index >= 15 is 0 Å². The summed E-state index contributed by atoms with van der Waals surface area (Å²) < 4.78 is 5.34. The molecule has 0 aliphatic carbocycles. The Kier molecular flexibility index (Phi) is 3.94. The van der Waals surface area contributed by atoms with E-state index in [0.29, 0.717) is 12.3 Å². The minimum atomic E-state index is -0.370. The molecule has 1 amide bonds. The molecule has 1 fully saturated rings. The van der Waals surface area contributed by atoms with E-state index in [1.807, 2.05) is 30.0 Å². The molecule has 92 valence electrons. The van der Waals surface area contributed by atoms with E-state index in [9.17, 15) is 4.79 Å². The quantitative estimate of drug-likeness (QED) is 0.897. The summed E-state index contributed by atoms with van der Waals surface area (Å²) in [7, 11) is 0. The normalized spacial score (nSPS) is 23.4. The van der Waals surface area contributed by atoms with Crippen molar-refractivity contribution in [2.75, 3.05) is 12.3 Å². The van der Waals surface area contributed by atoms with Crippen LogP contribution in [-0.4, -0.2) is 23.1 Å². The lowest BCUT2D eigenvalue weighted by Gasteiger charge is -2.22. The molecule has 1 N–H and O–H groups in total. The van der Waals surface area contributed by atoms with Gasteiger partial charge in [-0.1, -0.05) is 18.2 Å². The molecule has 0 spiro atoms. The van der Waals surface area contributed by atoms with Crippen LogP contribution in [0.15, 0.2) is 30.3 Å². The number of para-hydroxylation sites is 1. The SMILES string of the molecule is CC1(CNC(=O)Oc2ccccc2)CCCS1. The first-order valence-electron chi connectivity index (χ1n) is 5.83. The third-order valence-electron chi connectivity index (χ3n) is 2.86. The Morgan fingerprint density at radius 3 is 2.88 bits per heavy atom. The fourth-order valence-electron chi connectivity index (χ4n) is 1.87. The summed E-state index contributed by atoms with van der Waals surface area (Å²) in [5.74, 6) is 1.76. The molecule has 1 saturated heterocycles. The first-order chi connectivity index (χ1) is 8.18. The highest BCUT2D eigenvalue weighted by Gasteiger charge is 2.29. The maximum absolute atomic E-state index is 11.6. The van der Waals surface area contributed by atoms with Gasteiger partial charge < -0.3 is 10.1 Å². The number of carbonyl (C=O) groups excluding carboxylic acids is 1. The van der Waals surface area contributed by atoms with Crippen LogP contribution in [0.1, 0.15) is 19.8 Å². The van der Waals surface area contributed by atoms with Crippen molar-refractivity contribution in [2.24, 2.45) is 0 Å². The topological polar surface area (TPSA) is 38.3 Å². The fourth-order valence-corrected chi connectivity index (χ4v) is 3.11. The van der Waals surface area contributed by atoms with Crippen molar-refractivity contribution in [1.82, 2.24) is 5.32 Å². The minimum absolute atomic E-state index is 0.176. The molecule has 1 aliphatic rings. The Bertz CT molecular complexity index is 374. The number of benzene rings is 1. The standard InChI is InChI=1S/C13H17NO2S/c1-13(8-5-9-17-13)10-14-12(15)16-11-6-3-2-4-7-11/h2-4,6-7H,5,8-10H2,1H3,(H,14,15). The first kappa shape index (κ1) is 12.3. The third kappa shape index (κ3) is 3.66. The summed E-state index contributed by atoms with van der Waals surface area (Å²) in [6.07, 6.45) is 2.02. The van der Waals surface area contributed by atoms with Crippen molar-refractivity contribution in [2.45, 2.75) is 24.5 Å². The Balaban J connectivity index is 1.78. The average Bonchev–Trinajstić information content (AvgIpc) is 2.76. The van der Waals surface area contributed by atoms with Crippen molar-refractivity contribution in [1.29, 1.82) is 0 Å². The number of thioether (sulfide) groups is 1. The van der Waals surface area contributed by atoms with Crippen molar-refractivity contribution in [3.63, 3.8) is 0 Å². The number of rotatable bonds is 3. The van der Waals surface area contributed by atoms with E-state index in [1.54, 1.807) is 12.1 Å². The molecule has 0 bridgehead atoms. The summed E-state index contributed by atoms with van der Waals surface area (Å²) in [6.45, 7) is 2.86. The maximum Gasteiger partial charge on any atom is 0.412 e. The summed E-state index contributed by atoms with van der Waals surface area (Å²) in [6, 6.07) is 9.12. The number of carbonyl (C=O) groups is 1. The molecule has 1 heterocycles. The van der Waals surface area contributed by atoms with Crippen molar-refractivity contribution in [3.05, 3.63) is 30.3 Å². The third-order valence-corrected chi connectivity index (χ3v) is 4.40.